The van der Waals surface area contributed by atoms with Gasteiger partial charge in [-0.2, -0.15) is 0 Å². The van der Waals surface area contributed by atoms with Crippen molar-refractivity contribution in [1.82, 2.24) is 9.97 Å². The zero-order valence-corrected chi connectivity index (χ0v) is 35.2. The van der Waals surface area contributed by atoms with Gasteiger partial charge in [0.05, 0.1) is 15.9 Å². The van der Waals surface area contributed by atoms with Crippen molar-refractivity contribution in [3.05, 3.63) is 180 Å². The fourth-order valence-electron chi connectivity index (χ4n) is 12.2. The van der Waals surface area contributed by atoms with Crippen LogP contribution in [-0.2, 0) is 10.8 Å². The quantitative estimate of drug-likeness (QED) is 0.177. The molecule has 2 heterocycles. The smallest absolute Gasteiger partial charge is 0.160 e. The normalized spacial score (nSPS) is 16.8. The number of rotatable bonds is 4. The molecule has 2 aromatic heterocycles. The van der Waals surface area contributed by atoms with E-state index in [-0.39, 0.29) is 10.8 Å². The Hall–Kier alpha value is -6.16. The minimum absolute atomic E-state index is 0.126. The van der Waals surface area contributed by atoms with Crippen LogP contribution in [0.4, 0.5) is 0 Å². The zero-order chi connectivity index (χ0) is 40.1. The first kappa shape index (κ1) is 35.6. The van der Waals surface area contributed by atoms with Crippen molar-refractivity contribution in [2.75, 3.05) is 0 Å². The summed E-state index contributed by atoms with van der Waals surface area (Å²) in [5.41, 5.74) is 21.8. The highest BCUT2D eigenvalue weighted by Crippen LogP contribution is 2.62. The van der Waals surface area contributed by atoms with E-state index in [4.69, 9.17) is 9.97 Å². The molecule has 0 bridgehead atoms. The van der Waals surface area contributed by atoms with Crippen LogP contribution in [0.3, 0.4) is 0 Å². The highest BCUT2D eigenvalue weighted by Gasteiger charge is 2.49. The molecule has 0 saturated heterocycles. The van der Waals surface area contributed by atoms with Gasteiger partial charge in [0.15, 0.2) is 5.82 Å². The van der Waals surface area contributed by atoms with Crippen molar-refractivity contribution >= 4 is 31.6 Å². The predicted molar refractivity (Wildman–Crippen MR) is 255 cm³/mol. The molecule has 2 saturated carbocycles. The highest BCUT2D eigenvalue weighted by molar-refractivity contribution is 7.26. The number of benzene rings is 7. The van der Waals surface area contributed by atoms with Crippen LogP contribution in [0.15, 0.2) is 158 Å². The second-order valence-electron chi connectivity index (χ2n) is 18.2. The third-order valence-corrected chi connectivity index (χ3v) is 16.3. The summed E-state index contributed by atoms with van der Waals surface area (Å²) >= 11 is 1.78. The number of thiophene rings is 1. The SMILES string of the molecule is c1ccc(-c2nc(-c3ccc(-c4ccc(-c5ccc6c(c5)-c5cc7c(cc5C65CCCCC5)-c5ccccc5C75CCCCC5)cc4)cc3)c3sc4ccccc4c3n2)cc1. The molecule has 2 nitrogen and oxygen atoms in total. The van der Waals surface area contributed by atoms with Crippen LogP contribution in [0.25, 0.3) is 87.5 Å². The monoisotopic (exact) mass is 802 g/mol. The lowest BCUT2D eigenvalue weighted by Gasteiger charge is -2.37. The largest absolute Gasteiger partial charge is 0.226 e. The Morgan fingerprint density at radius 1 is 0.377 bits per heavy atom. The van der Waals surface area contributed by atoms with E-state index in [0.29, 0.717) is 0 Å². The zero-order valence-electron chi connectivity index (χ0n) is 34.4. The van der Waals surface area contributed by atoms with E-state index in [0.717, 1.165) is 32.9 Å². The van der Waals surface area contributed by atoms with Crippen LogP contribution in [0, 0.1) is 0 Å². The van der Waals surface area contributed by atoms with Gasteiger partial charge >= 0.3 is 0 Å². The molecule has 0 radical (unpaired) electrons. The molecule has 13 rings (SSSR count). The minimum Gasteiger partial charge on any atom is -0.226 e. The first-order valence-corrected chi connectivity index (χ1v) is 23.4. The fourth-order valence-corrected chi connectivity index (χ4v) is 13.3. The summed E-state index contributed by atoms with van der Waals surface area (Å²) in [5.74, 6) is 0.762. The van der Waals surface area contributed by atoms with Crippen molar-refractivity contribution in [2.45, 2.75) is 75.0 Å². The summed E-state index contributed by atoms with van der Waals surface area (Å²) in [4.78, 5) is 10.3. The average molecular weight is 803 g/mol. The Morgan fingerprint density at radius 2 is 0.902 bits per heavy atom. The van der Waals surface area contributed by atoms with Crippen molar-refractivity contribution < 1.29 is 0 Å². The molecule has 2 spiro atoms. The van der Waals surface area contributed by atoms with E-state index in [2.05, 4.69) is 152 Å². The summed E-state index contributed by atoms with van der Waals surface area (Å²) < 4.78 is 2.37. The van der Waals surface area contributed by atoms with Gasteiger partial charge < -0.3 is 0 Å². The van der Waals surface area contributed by atoms with Crippen molar-refractivity contribution in [2.24, 2.45) is 0 Å². The molecule has 0 aliphatic heterocycles. The average Bonchev–Trinajstić information content (AvgIpc) is 3.93. The molecule has 7 aromatic carbocycles. The topological polar surface area (TPSA) is 25.8 Å². The second kappa shape index (κ2) is 13.7. The number of nitrogens with zero attached hydrogens (tertiary/aromatic N) is 2. The Balaban J connectivity index is 0.859. The van der Waals surface area contributed by atoms with Crippen molar-refractivity contribution in [3.63, 3.8) is 0 Å². The molecule has 3 heteroatoms. The maximum Gasteiger partial charge on any atom is 0.160 e. The van der Waals surface area contributed by atoms with Crippen molar-refractivity contribution in [1.29, 1.82) is 0 Å². The Morgan fingerprint density at radius 3 is 1.59 bits per heavy atom. The first-order valence-electron chi connectivity index (χ1n) is 22.6. The Labute approximate surface area is 362 Å². The third kappa shape index (κ3) is 5.32. The predicted octanol–water partition coefficient (Wildman–Crippen LogP) is 16.0. The fraction of sp³-hybridized carbons (Fsp3) is 0.207. The maximum atomic E-state index is 5.20. The molecule has 0 unspecified atom stereocenters. The van der Waals surface area contributed by atoms with Gasteiger partial charge in [-0.05, 0) is 117 Å². The molecule has 61 heavy (non-hydrogen) atoms. The molecule has 9 aromatic rings. The molecule has 4 aliphatic rings. The standard InChI is InChI=1S/C58H46N2S/c1-4-14-41(15-5-1)56-59-53(55-54(60-56)44-17-7-9-19-52(44)61-55)40-26-24-38(25-27-40)37-20-22-39(23-21-37)42-28-29-49-45(34-42)47-36-50-46(35-51(47)58(49)32-12-3-13-33-58)43-16-6-8-18-48(43)57(50)30-10-2-11-31-57/h1,4-9,14-29,34-36H,2-3,10-13,30-33H2. The molecule has 2 fully saturated rings. The van der Waals surface area contributed by atoms with Gasteiger partial charge in [0, 0.05) is 32.0 Å². The van der Waals surface area contributed by atoms with E-state index in [1.165, 1.54) is 119 Å². The second-order valence-corrected chi connectivity index (χ2v) is 19.3. The number of hydrogen-bond donors (Lipinski definition) is 0. The van der Waals surface area contributed by atoms with E-state index >= 15 is 0 Å². The molecule has 4 aliphatic carbocycles. The van der Waals surface area contributed by atoms with Gasteiger partial charge in [0.1, 0.15) is 0 Å². The number of aromatic nitrogens is 2. The first-order chi connectivity index (χ1) is 30.2. The van der Waals surface area contributed by atoms with Gasteiger partial charge in [-0.15, -0.1) is 11.3 Å². The molecular weight excluding hydrogens is 757 g/mol. The van der Waals surface area contributed by atoms with Gasteiger partial charge in [0.2, 0.25) is 0 Å². The number of fused-ring (bicyclic) bond motifs is 13. The van der Waals surface area contributed by atoms with Crippen LogP contribution in [0.1, 0.15) is 86.5 Å². The summed E-state index contributed by atoms with van der Waals surface area (Å²) in [5, 5.41) is 1.18. The lowest BCUT2D eigenvalue weighted by Crippen LogP contribution is -2.29. The van der Waals surface area contributed by atoms with Crippen LogP contribution >= 0.6 is 11.3 Å². The molecule has 0 amide bonds. The lowest BCUT2D eigenvalue weighted by molar-refractivity contribution is 0.350. The molecule has 294 valence electrons. The summed E-state index contributed by atoms with van der Waals surface area (Å²) in [6.07, 6.45) is 13.0. The Kier molecular flexibility index (Phi) is 7.98. The maximum absolute atomic E-state index is 5.20. The van der Waals surface area contributed by atoms with Gasteiger partial charge in [-0.3, -0.25) is 0 Å². The van der Waals surface area contributed by atoms with Crippen molar-refractivity contribution in [3.8, 4) is 67.2 Å². The third-order valence-electron chi connectivity index (χ3n) is 15.1. The molecular formula is C58H46N2S. The molecule has 0 N–H and O–H groups in total. The van der Waals surface area contributed by atoms with E-state index in [1.54, 1.807) is 33.6 Å². The van der Waals surface area contributed by atoms with E-state index < -0.39 is 0 Å². The highest BCUT2D eigenvalue weighted by atomic mass is 32.1. The van der Waals surface area contributed by atoms with Crippen LogP contribution in [0.2, 0.25) is 0 Å². The van der Waals surface area contributed by atoms with Crippen LogP contribution in [-0.4, -0.2) is 9.97 Å². The van der Waals surface area contributed by atoms with E-state index in [9.17, 15) is 0 Å². The number of hydrogen-bond acceptors (Lipinski definition) is 3. The summed E-state index contributed by atoms with van der Waals surface area (Å²) in [7, 11) is 0. The summed E-state index contributed by atoms with van der Waals surface area (Å²) in [6.45, 7) is 0. The lowest BCUT2D eigenvalue weighted by atomic mass is 9.66. The Bertz CT molecular complexity index is 3180. The van der Waals surface area contributed by atoms with Crippen LogP contribution < -0.4 is 0 Å². The van der Waals surface area contributed by atoms with Gasteiger partial charge in [0.25, 0.3) is 0 Å². The van der Waals surface area contributed by atoms with E-state index in [1.807, 2.05) is 6.07 Å². The van der Waals surface area contributed by atoms with Crippen LogP contribution in [0.5, 0.6) is 0 Å². The summed E-state index contributed by atoms with van der Waals surface area (Å²) in [6, 6.07) is 59.4. The minimum atomic E-state index is 0.126. The molecule has 0 atom stereocenters. The van der Waals surface area contributed by atoms with Gasteiger partial charge in [-0.1, -0.05) is 172 Å². The van der Waals surface area contributed by atoms with Gasteiger partial charge in [-0.25, -0.2) is 9.97 Å².